The van der Waals surface area contributed by atoms with Crippen molar-refractivity contribution in [2.24, 2.45) is 7.05 Å². The lowest BCUT2D eigenvalue weighted by Gasteiger charge is -2.33. The molecular formula is C20H23F3N4O3S. The fraction of sp³-hybridized carbons (Fsp3) is 0.500. The number of likely N-dealkylation sites (tertiary alicyclic amines) is 1. The summed E-state index contributed by atoms with van der Waals surface area (Å²) in [5, 5.41) is 4.30. The maximum atomic E-state index is 13.4. The van der Waals surface area contributed by atoms with Crippen molar-refractivity contribution < 1.29 is 26.4 Å². The van der Waals surface area contributed by atoms with Crippen LogP contribution in [0.4, 0.5) is 13.2 Å². The van der Waals surface area contributed by atoms with E-state index in [-0.39, 0.29) is 36.2 Å². The zero-order valence-electron chi connectivity index (χ0n) is 17.2. The second kappa shape index (κ2) is 7.63. The van der Waals surface area contributed by atoms with Gasteiger partial charge in [-0.25, -0.2) is 8.42 Å². The van der Waals surface area contributed by atoms with Crippen molar-refractivity contribution in [2.75, 3.05) is 19.3 Å². The van der Waals surface area contributed by atoms with E-state index in [4.69, 9.17) is 0 Å². The van der Waals surface area contributed by atoms with Gasteiger partial charge in [-0.15, -0.1) is 0 Å². The Morgan fingerprint density at radius 3 is 2.39 bits per heavy atom. The van der Waals surface area contributed by atoms with Crippen LogP contribution >= 0.6 is 0 Å². The molecule has 0 aliphatic carbocycles. The van der Waals surface area contributed by atoms with Crippen LogP contribution < -0.4 is 0 Å². The molecule has 2 aliphatic heterocycles. The molecule has 1 aromatic carbocycles. The van der Waals surface area contributed by atoms with Gasteiger partial charge < -0.3 is 4.90 Å². The van der Waals surface area contributed by atoms with Crippen molar-refractivity contribution in [1.82, 2.24) is 19.0 Å². The van der Waals surface area contributed by atoms with Crippen LogP contribution in [0, 0.1) is 0 Å². The van der Waals surface area contributed by atoms with Gasteiger partial charge in [-0.05, 0) is 30.4 Å². The first-order valence-corrected chi connectivity index (χ1v) is 11.8. The number of rotatable bonds is 3. The Labute approximate surface area is 178 Å². The molecule has 0 saturated carbocycles. The average molecular weight is 456 g/mol. The fourth-order valence-electron chi connectivity index (χ4n) is 4.43. The summed E-state index contributed by atoms with van der Waals surface area (Å²) in [5.41, 5.74) is 1.15. The molecule has 0 unspecified atom stereocenters. The molecule has 1 saturated heterocycles. The van der Waals surface area contributed by atoms with Crippen molar-refractivity contribution in [2.45, 2.75) is 38.0 Å². The molecule has 3 heterocycles. The third kappa shape index (κ3) is 4.08. The monoisotopic (exact) mass is 456 g/mol. The molecular weight excluding hydrogens is 433 g/mol. The minimum atomic E-state index is -4.41. The highest BCUT2D eigenvalue weighted by atomic mass is 32.2. The van der Waals surface area contributed by atoms with Gasteiger partial charge in [0, 0.05) is 32.2 Å². The molecule has 7 nitrogen and oxygen atoms in total. The highest BCUT2D eigenvalue weighted by Gasteiger charge is 2.38. The van der Waals surface area contributed by atoms with Crippen LogP contribution in [-0.4, -0.2) is 52.7 Å². The van der Waals surface area contributed by atoms with Gasteiger partial charge in [-0.2, -0.15) is 22.6 Å². The highest BCUT2D eigenvalue weighted by molar-refractivity contribution is 7.88. The lowest BCUT2D eigenvalue weighted by Crippen LogP contribution is -2.39. The maximum Gasteiger partial charge on any atom is 0.416 e. The number of piperidine rings is 1. The number of benzene rings is 1. The number of aromatic nitrogens is 2. The molecule has 1 aromatic heterocycles. The van der Waals surface area contributed by atoms with Crippen molar-refractivity contribution in [3.8, 4) is 0 Å². The minimum absolute atomic E-state index is 0.0957. The number of halogens is 3. The summed E-state index contributed by atoms with van der Waals surface area (Å²) in [6.07, 6.45) is -2.45. The predicted octanol–water partition coefficient (Wildman–Crippen LogP) is 2.73. The van der Waals surface area contributed by atoms with Crippen molar-refractivity contribution in [1.29, 1.82) is 0 Å². The van der Waals surface area contributed by atoms with Crippen LogP contribution in [0.15, 0.2) is 24.3 Å². The van der Waals surface area contributed by atoms with Gasteiger partial charge in [0.05, 0.1) is 24.1 Å². The van der Waals surface area contributed by atoms with Crippen LogP contribution in [0.5, 0.6) is 0 Å². The molecule has 1 amide bonds. The molecule has 0 bridgehead atoms. The third-order valence-corrected chi connectivity index (χ3v) is 7.29. The van der Waals surface area contributed by atoms with E-state index in [1.54, 1.807) is 18.0 Å². The molecule has 0 atom stereocenters. The SMILES string of the molecule is Cn1nc(C(=O)N2CCC(c3ccccc3C(F)(F)F)CC2)c2c1CN(S(C)(=O)=O)C2. The second-order valence-corrected chi connectivity index (χ2v) is 10.1. The molecule has 31 heavy (non-hydrogen) atoms. The number of hydrogen-bond acceptors (Lipinski definition) is 4. The van der Waals surface area contributed by atoms with E-state index >= 15 is 0 Å². The highest BCUT2D eigenvalue weighted by Crippen LogP contribution is 2.39. The Hall–Kier alpha value is -2.40. The van der Waals surface area contributed by atoms with E-state index in [0.717, 1.165) is 12.3 Å². The summed E-state index contributed by atoms with van der Waals surface area (Å²) in [6, 6.07) is 5.59. The van der Waals surface area contributed by atoms with Crippen LogP contribution in [0.25, 0.3) is 0 Å². The normalized spacial score (nSPS) is 18.4. The second-order valence-electron chi connectivity index (χ2n) is 8.08. The van der Waals surface area contributed by atoms with Gasteiger partial charge in [0.15, 0.2) is 5.69 Å². The van der Waals surface area contributed by atoms with Gasteiger partial charge in [0.25, 0.3) is 5.91 Å². The Bertz CT molecular complexity index is 1120. The number of carbonyl (C=O) groups excluding carboxylic acids is 1. The lowest BCUT2D eigenvalue weighted by atomic mass is 9.86. The molecule has 11 heteroatoms. The smallest absolute Gasteiger partial charge is 0.337 e. The Balaban J connectivity index is 1.50. The first-order valence-electron chi connectivity index (χ1n) is 9.92. The van der Waals surface area contributed by atoms with Crippen molar-refractivity contribution in [3.05, 3.63) is 52.3 Å². The summed E-state index contributed by atoms with van der Waals surface area (Å²) >= 11 is 0. The molecule has 0 radical (unpaired) electrons. The van der Waals surface area contributed by atoms with E-state index in [1.807, 2.05) is 0 Å². The maximum absolute atomic E-state index is 13.4. The van der Waals surface area contributed by atoms with Crippen molar-refractivity contribution in [3.63, 3.8) is 0 Å². The first-order chi connectivity index (χ1) is 14.5. The number of alkyl halides is 3. The van der Waals surface area contributed by atoms with Crippen LogP contribution in [-0.2, 0) is 36.3 Å². The molecule has 0 spiro atoms. The summed E-state index contributed by atoms with van der Waals surface area (Å²) in [6.45, 7) is 0.896. The quantitative estimate of drug-likeness (QED) is 0.712. The Morgan fingerprint density at radius 1 is 1.13 bits per heavy atom. The van der Waals surface area contributed by atoms with E-state index in [9.17, 15) is 26.4 Å². The van der Waals surface area contributed by atoms with E-state index < -0.39 is 21.8 Å². The average Bonchev–Trinajstić information content (AvgIpc) is 3.28. The van der Waals surface area contributed by atoms with Crippen LogP contribution in [0.3, 0.4) is 0 Å². The third-order valence-electron chi connectivity index (χ3n) is 6.10. The summed E-state index contributed by atoms with van der Waals surface area (Å²) in [7, 11) is -1.73. The summed E-state index contributed by atoms with van der Waals surface area (Å²) in [4.78, 5) is 14.7. The zero-order valence-corrected chi connectivity index (χ0v) is 18.0. The first kappa shape index (κ1) is 21.8. The zero-order chi connectivity index (χ0) is 22.6. The van der Waals surface area contributed by atoms with Gasteiger partial charge in [0.1, 0.15) is 0 Å². The standard InChI is InChI=1S/C20H23F3N4O3S/c1-25-17-12-27(31(2,29)30)11-15(17)18(24-25)19(28)26-9-7-13(8-10-26)14-5-3-4-6-16(14)20(21,22)23/h3-6,13H,7-12H2,1-2H3. The molecule has 2 aliphatic rings. The molecule has 2 aromatic rings. The van der Waals surface area contributed by atoms with Crippen LogP contribution in [0.1, 0.15) is 51.6 Å². The van der Waals surface area contributed by atoms with Crippen molar-refractivity contribution >= 4 is 15.9 Å². The predicted molar refractivity (Wildman–Crippen MR) is 107 cm³/mol. The van der Waals surface area contributed by atoms with Gasteiger partial charge in [-0.1, -0.05) is 18.2 Å². The Kier molecular flexibility index (Phi) is 5.37. The minimum Gasteiger partial charge on any atom is -0.337 e. The van der Waals surface area contributed by atoms with Gasteiger partial charge in [-0.3, -0.25) is 9.48 Å². The number of carbonyl (C=O) groups is 1. The van der Waals surface area contributed by atoms with Gasteiger partial charge >= 0.3 is 6.18 Å². The topological polar surface area (TPSA) is 75.5 Å². The number of amides is 1. The summed E-state index contributed by atoms with van der Waals surface area (Å²) < 4.78 is 66.6. The number of sulfonamides is 1. The lowest BCUT2D eigenvalue weighted by molar-refractivity contribution is -0.138. The molecule has 1 fully saturated rings. The van der Waals surface area contributed by atoms with Crippen LogP contribution in [0.2, 0.25) is 0 Å². The van der Waals surface area contributed by atoms with Gasteiger partial charge in [0.2, 0.25) is 10.0 Å². The largest absolute Gasteiger partial charge is 0.416 e. The molecule has 0 N–H and O–H groups in total. The van der Waals surface area contributed by atoms with E-state index in [1.165, 1.54) is 21.1 Å². The molecule has 4 rings (SSSR count). The number of hydrogen-bond donors (Lipinski definition) is 0. The van der Waals surface area contributed by atoms with E-state index in [0.29, 0.717) is 37.2 Å². The summed E-state index contributed by atoms with van der Waals surface area (Å²) in [5.74, 6) is -0.591. The number of fused-ring (bicyclic) bond motifs is 1. The van der Waals surface area contributed by atoms with E-state index in [2.05, 4.69) is 5.10 Å². The number of aryl methyl sites for hydroxylation is 1. The number of nitrogens with zero attached hydrogens (tertiary/aromatic N) is 4. The molecule has 168 valence electrons. The Morgan fingerprint density at radius 2 is 1.77 bits per heavy atom. The fourth-order valence-corrected chi connectivity index (χ4v) is 5.15.